The van der Waals surface area contributed by atoms with E-state index in [1.807, 2.05) is 0 Å². The summed E-state index contributed by atoms with van der Waals surface area (Å²) in [6, 6.07) is 10.8. The van der Waals surface area contributed by atoms with Crippen molar-refractivity contribution in [2.75, 3.05) is 20.2 Å². The topological polar surface area (TPSA) is 211 Å². The summed E-state index contributed by atoms with van der Waals surface area (Å²) in [7, 11) is 1.48. The van der Waals surface area contributed by atoms with Crippen LogP contribution in [0.1, 0.15) is 20.7 Å². The predicted molar refractivity (Wildman–Crippen MR) is 152 cm³/mol. The van der Waals surface area contributed by atoms with Gasteiger partial charge in [-0.25, -0.2) is 14.8 Å². The molecule has 1 aromatic heterocycles. The van der Waals surface area contributed by atoms with Crippen molar-refractivity contribution < 1.29 is 29.0 Å². The van der Waals surface area contributed by atoms with Crippen molar-refractivity contribution in [2.45, 2.75) is 6.04 Å². The van der Waals surface area contributed by atoms with Crippen LogP contribution in [0.15, 0.2) is 59.7 Å². The van der Waals surface area contributed by atoms with E-state index in [1.165, 1.54) is 37.6 Å². The molecule has 1 unspecified atom stereocenters. The number of hydrogen-bond acceptors (Lipinski definition) is 7. The summed E-state index contributed by atoms with van der Waals surface area (Å²) in [4.78, 5) is 57.2. The van der Waals surface area contributed by atoms with Crippen LogP contribution < -0.4 is 32.2 Å². The number of amides is 3. The van der Waals surface area contributed by atoms with Crippen molar-refractivity contribution in [3.63, 3.8) is 0 Å². The highest BCUT2D eigenvalue weighted by Gasteiger charge is 2.25. The molecule has 214 valence electrons. The molecule has 13 nitrogen and oxygen atoms in total. The minimum Gasteiger partial charge on any atom is -0.481 e. The number of guanidine groups is 1. The molecule has 2 aromatic carbocycles. The van der Waals surface area contributed by atoms with Gasteiger partial charge in [0, 0.05) is 29.9 Å². The Bertz CT molecular complexity index is 1470. The average Bonchev–Trinajstić information content (AvgIpc) is 2.93. The largest absolute Gasteiger partial charge is 0.481 e. The van der Waals surface area contributed by atoms with Gasteiger partial charge in [-0.15, -0.1) is 0 Å². The van der Waals surface area contributed by atoms with E-state index in [0.29, 0.717) is 22.7 Å². The van der Waals surface area contributed by atoms with Crippen LogP contribution in [-0.2, 0) is 9.59 Å². The molecule has 3 rings (SSSR count). The molecule has 0 saturated carbocycles. The summed E-state index contributed by atoms with van der Waals surface area (Å²) in [6.07, 6.45) is 1.54. The van der Waals surface area contributed by atoms with Gasteiger partial charge in [-0.3, -0.25) is 14.4 Å². The molecule has 15 heteroatoms. The Hall–Kier alpha value is -4.88. The second-order valence-corrected chi connectivity index (χ2v) is 9.16. The number of benzene rings is 2. The zero-order chi connectivity index (χ0) is 30.1. The van der Waals surface area contributed by atoms with Gasteiger partial charge in [0.2, 0.25) is 11.8 Å². The standard InChI is InChI=1S/C26H25Cl2N7O6/c1-41-21-6-5-14(10-32-21)15-8-17(27)22(18(28)9-15)24(38)35-19(25(39)40)11-31-20(36)12-33-23(37)13-3-2-4-16(7-13)34-26(29)30/h2-10,19H,11-12H2,1H3,(H,31,36)(H,33,37)(H,35,38)(H,39,40)(H4,29,30,34). The quantitative estimate of drug-likeness (QED) is 0.139. The fourth-order valence-corrected chi connectivity index (χ4v) is 4.12. The minimum atomic E-state index is -1.53. The van der Waals surface area contributed by atoms with E-state index in [2.05, 4.69) is 25.9 Å². The van der Waals surface area contributed by atoms with Crippen molar-refractivity contribution in [3.05, 3.63) is 75.9 Å². The van der Waals surface area contributed by atoms with E-state index < -0.39 is 42.8 Å². The zero-order valence-corrected chi connectivity index (χ0v) is 23.0. The number of nitrogens with one attached hydrogen (secondary N) is 3. The summed E-state index contributed by atoms with van der Waals surface area (Å²) in [6.45, 7) is -0.953. The summed E-state index contributed by atoms with van der Waals surface area (Å²) in [5.74, 6) is -3.36. The summed E-state index contributed by atoms with van der Waals surface area (Å²) in [5.41, 5.74) is 12.3. The van der Waals surface area contributed by atoms with Gasteiger partial charge in [-0.1, -0.05) is 29.3 Å². The van der Waals surface area contributed by atoms with Gasteiger partial charge in [0.25, 0.3) is 11.8 Å². The van der Waals surface area contributed by atoms with Gasteiger partial charge in [0.1, 0.15) is 6.04 Å². The highest BCUT2D eigenvalue weighted by Crippen LogP contribution is 2.32. The number of aliphatic carboxylic acids is 1. The normalized spacial score (nSPS) is 11.1. The highest BCUT2D eigenvalue weighted by molar-refractivity contribution is 6.40. The molecule has 0 aliphatic carbocycles. The Balaban J connectivity index is 1.59. The van der Waals surface area contributed by atoms with Crippen LogP contribution in [0.25, 0.3) is 11.1 Å². The van der Waals surface area contributed by atoms with Crippen molar-refractivity contribution >= 4 is 58.5 Å². The number of nitrogens with two attached hydrogens (primary N) is 2. The Morgan fingerprint density at radius 2 is 1.71 bits per heavy atom. The molecule has 0 aliphatic heterocycles. The fourth-order valence-electron chi connectivity index (χ4n) is 3.47. The lowest BCUT2D eigenvalue weighted by Gasteiger charge is -2.17. The summed E-state index contributed by atoms with van der Waals surface area (Å²) in [5, 5.41) is 16.5. The number of carboxylic acids is 1. The van der Waals surface area contributed by atoms with Gasteiger partial charge in [0.05, 0.1) is 35.0 Å². The second-order valence-electron chi connectivity index (χ2n) is 8.34. The third kappa shape index (κ3) is 8.55. The Kier molecular flexibility index (Phi) is 10.4. The van der Waals surface area contributed by atoms with Crippen molar-refractivity contribution in [1.82, 2.24) is 20.9 Å². The van der Waals surface area contributed by atoms with Crippen LogP contribution in [0.5, 0.6) is 5.88 Å². The number of hydrogen-bond donors (Lipinski definition) is 6. The van der Waals surface area contributed by atoms with E-state index in [4.69, 9.17) is 39.4 Å². The molecule has 0 fully saturated rings. The number of ether oxygens (including phenoxy) is 1. The number of carbonyl (C=O) groups is 4. The molecule has 0 aliphatic rings. The van der Waals surface area contributed by atoms with Crippen LogP contribution in [0.4, 0.5) is 5.69 Å². The lowest BCUT2D eigenvalue weighted by molar-refractivity contribution is -0.139. The molecule has 41 heavy (non-hydrogen) atoms. The smallest absolute Gasteiger partial charge is 0.328 e. The minimum absolute atomic E-state index is 0.0272. The molecule has 8 N–H and O–H groups in total. The first kappa shape index (κ1) is 30.7. The van der Waals surface area contributed by atoms with Gasteiger partial charge in [-0.05, 0) is 42.0 Å². The average molecular weight is 602 g/mol. The van der Waals surface area contributed by atoms with E-state index in [1.54, 1.807) is 24.3 Å². The van der Waals surface area contributed by atoms with E-state index in [-0.39, 0.29) is 27.1 Å². The predicted octanol–water partition coefficient (Wildman–Crippen LogP) is 1.70. The lowest BCUT2D eigenvalue weighted by atomic mass is 10.0. The number of aromatic nitrogens is 1. The molecule has 1 heterocycles. The number of pyridine rings is 1. The number of nitrogens with zero attached hydrogens (tertiary/aromatic N) is 2. The molecule has 0 saturated heterocycles. The van der Waals surface area contributed by atoms with E-state index in [9.17, 15) is 24.3 Å². The first-order chi connectivity index (χ1) is 19.5. The molecule has 3 amide bonds. The molecule has 0 spiro atoms. The van der Waals surface area contributed by atoms with Gasteiger partial charge < -0.3 is 37.3 Å². The first-order valence-corrected chi connectivity index (χ1v) is 12.5. The number of carboxylic acid groups (broad SMARTS) is 1. The van der Waals surface area contributed by atoms with Crippen molar-refractivity contribution in [1.29, 1.82) is 0 Å². The van der Waals surface area contributed by atoms with Crippen LogP contribution in [0.3, 0.4) is 0 Å². The number of carbonyl (C=O) groups excluding carboxylic acids is 3. The van der Waals surface area contributed by atoms with Gasteiger partial charge in [-0.2, -0.15) is 0 Å². The van der Waals surface area contributed by atoms with Gasteiger partial charge >= 0.3 is 5.97 Å². The molecule has 3 aromatic rings. The monoisotopic (exact) mass is 601 g/mol. The number of rotatable bonds is 11. The zero-order valence-electron chi connectivity index (χ0n) is 21.5. The van der Waals surface area contributed by atoms with Gasteiger partial charge in [0.15, 0.2) is 5.96 Å². The SMILES string of the molecule is COc1ccc(-c2cc(Cl)c(C(=O)NC(CNC(=O)CNC(=O)c3cccc(N=C(N)N)c3)C(=O)O)c(Cl)c2)cn1. The Morgan fingerprint density at radius 3 is 2.29 bits per heavy atom. The third-order valence-electron chi connectivity index (χ3n) is 5.43. The van der Waals surface area contributed by atoms with Crippen molar-refractivity contribution in [3.8, 4) is 17.0 Å². The summed E-state index contributed by atoms with van der Waals surface area (Å²) < 4.78 is 5.03. The van der Waals surface area contributed by atoms with Crippen LogP contribution in [0, 0.1) is 0 Å². The highest BCUT2D eigenvalue weighted by atomic mass is 35.5. The molecule has 0 radical (unpaired) electrons. The maximum atomic E-state index is 12.9. The maximum Gasteiger partial charge on any atom is 0.328 e. The second kappa shape index (κ2) is 14.0. The van der Waals surface area contributed by atoms with E-state index >= 15 is 0 Å². The van der Waals surface area contributed by atoms with Crippen LogP contribution in [-0.4, -0.2) is 66.0 Å². The van der Waals surface area contributed by atoms with Crippen LogP contribution >= 0.6 is 23.2 Å². The number of methoxy groups -OCH3 is 1. The molecule has 0 bridgehead atoms. The Morgan fingerprint density at radius 1 is 1.00 bits per heavy atom. The fraction of sp³-hybridized carbons (Fsp3) is 0.154. The number of halogens is 2. The summed E-state index contributed by atoms with van der Waals surface area (Å²) >= 11 is 12.6. The Labute approximate surface area is 243 Å². The number of aliphatic imine (C=N–C) groups is 1. The van der Waals surface area contributed by atoms with E-state index in [0.717, 1.165) is 0 Å². The molecule has 1 atom stereocenters. The maximum absolute atomic E-state index is 12.9. The van der Waals surface area contributed by atoms with Crippen molar-refractivity contribution in [2.24, 2.45) is 16.5 Å². The first-order valence-electron chi connectivity index (χ1n) is 11.8. The molecular weight excluding hydrogens is 577 g/mol. The third-order valence-corrected chi connectivity index (χ3v) is 6.03. The molecular formula is C26H25Cl2N7O6. The lowest BCUT2D eigenvalue weighted by Crippen LogP contribution is -2.50. The van der Waals surface area contributed by atoms with Crippen LogP contribution in [0.2, 0.25) is 10.0 Å².